The van der Waals surface area contributed by atoms with Crippen LogP contribution in [0.25, 0.3) is 22.5 Å². The highest BCUT2D eigenvalue weighted by Crippen LogP contribution is 2.62. The average molecular weight is 441 g/mol. The highest BCUT2D eigenvalue weighted by Gasteiger charge is 2.52. The van der Waals surface area contributed by atoms with Crippen molar-refractivity contribution in [2.24, 2.45) is 0 Å². The molecule has 1 nitrogen and oxygen atoms in total. The van der Waals surface area contributed by atoms with E-state index in [-0.39, 0.29) is 10.8 Å². The van der Waals surface area contributed by atoms with Gasteiger partial charge in [0, 0.05) is 11.0 Å². The molecule has 1 unspecified atom stereocenters. The number of rotatable bonds is 3. The van der Waals surface area contributed by atoms with Crippen LogP contribution in [0.2, 0.25) is 0 Å². The Bertz CT molecular complexity index is 1490. The first kappa shape index (κ1) is 20.7. The second-order valence-corrected chi connectivity index (χ2v) is 9.84. The number of fused-ring (bicyclic) bond motifs is 7. The van der Waals surface area contributed by atoms with Crippen molar-refractivity contribution in [3.63, 3.8) is 0 Å². The van der Waals surface area contributed by atoms with Crippen molar-refractivity contribution >= 4 is 0 Å². The third-order valence-electron chi connectivity index (χ3n) is 7.89. The minimum absolute atomic E-state index is 0.114. The fourth-order valence-electron chi connectivity index (χ4n) is 6.44. The number of hydrogen-bond donors (Lipinski definition) is 0. The van der Waals surface area contributed by atoms with E-state index >= 15 is 0 Å². The SMILES string of the molecule is C=C/C=C\C1=C(C)C2(c3ccccc3-c3cc(-c4ccco4)ccc32)c2ccccc2C1(C)C. The summed E-state index contributed by atoms with van der Waals surface area (Å²) in [4.78, 5) is 0. The van der Waals surface area contributed by atoms with E-state index < -0.39 is 0 Å². The summed E-state index contributed by atoms with van der Waals surface area (Å²) in [5.74, 6) is 0.897. The standard InChI is InChI=1S/C33H28O/c1-5-6-13-26-22(2)33(30-16-10-9-15-29(30)32(26,3)4)27-14-8-7-12-24(27)25-21-23(18-19-28(25)33)31-17-11-20-34-31/h5-21H,1H2,2-4H3/b13-6-. The number of hydrogen-bond acceptors (Lipinski definition) is 1. The van der Waals surface area contributed by atoms with Gasteiger partial charge in [-0.2, -0.15) is 0 Å². The molecular weight excluding hydrogens is 412 g/mol. The Hall–Kier alpha value is -3.84. The Labute approximate surface area is 201 Å². The summed E-state index contributed by atoms with van der Waals surface area (Å²) >= 11 is 0. The van der Waals surface area contributed by atoms with Crippen molar-refractivity contribution < 1.29 is 4.42 Å². The molecule has 0 saturated heterocycles. The summed E-state index contributed by atoms with van der Waals surface area (Å²) in [5, 5.41) is 0. The fourth-order valence-corrected chi connectivity index (χ4v) is 6.44. The van der Waals surface area contributed by atoms with E-state index in [1.807, 2.05) is 18.2 Å². The topological polar surface area (TPSA) is 13.1 Å². The van der Waals surface area contributed by atoms with Gasteiger partial charge in [-0.15, -0.1) is 0 Å². The van der Waals surface area contributed by atoms with E-state index in [1.165, 1.54) is 44.5 Å². The Balaban J connectivity index is 1.76. The third-order valence-corrected chi connectivity index (χ3v) is 7.89. The molecule has 1 heterocycles. The van der Waals surface area contributed by atoms with E-state index in [1.54, 1.807) is 6.26 Å². The Morgan fingerprint density at radius 1 is 0.765 bits per heavy atom. The second kappa shape index (κ2) is 7.33. The molecule has 0 amide bonds. The van der Waals surface area contributed by atoms with Gasteiger partial charge < -0.3 is 4.42 Å². The molecule has 1 aromatic heterocycles. The Kier molecular flexibility index (Phi) is 4.47. The van der Waals surface area contributed by atoms with Crippen LogP contribution in [0.5, 0.6) is 0 Å². The summed E-state index contributed by atoms with van der Waals surface area (Å²) < 4.78 is 5.74. The van der Waals surface area contributed by atoms with Crippen molar-refractivity contribution in [2.45, 2.75) is 31.6 Å². The predicted molar refractivity (Wildman–Crippen MR) is 141 cm³/mol. The quantitative estimate of drug-likeness (QED) is 0.291. The maximum Gasteiger partial charge on any atom is 0.133 e. The predicted octanol–water partition coefficient (Wildman–Crippen LogP) is 8.61. The molecule has 1 heteroatoms. The lowest BCUT2D eigenvalue weighted by Crippen LogP contribution is -2.40. The first-order valence-electron chi connectivity index (χ1n) is 11.9. The molecule has 2 aliphatic carbocycles. The van der Waals surface area contributed by atoms with E-state index in [0.29, 0.717) is 0 Å². The van der Waals surface area contributed by atoms with E-state index in [2.05, 4.69) is 106 Å². The lowest BCUT2D eigenvalue weighted by Gasteiger charge is -2.46. The first-order chi connectivity index (χ1) is 16.5. The molecule has 4 aromatic rings. The van der Waals surface area contributed by atoms with Crippen LogP contribution in [0.3, 0.4) is 0 Å². The smallest absolute Gasteiger partial charge is 0.133 e. The van der Waals surface area contributed by atoms with Gasteiger partial charge in [-0.1, -0.05) is 99.3 Å². The van der Waals surface area contributed by atoms with Gasteiger partial charge >= 0.3 is 0 Å². The molecular formula is C33H28O. The van der Waals surface area contributed by atoms with Crippen LogP contribution in [0.4, 0.5) is 0 Å². The Morgan fingerprint density at radius 2 is 1.47 bits per heavy atom. The van der Waals surface area contributed by atoms with Gasteiger partial charge in [0.15, 0.2) is 0 Å². The summed E-state index contributed by atoms with van der Waals surface area (Å²) in [6.07, 6.45) is 7.94. The van der Waals surface area contributed by atoms with Crippen LogP contribution in [0.15, 0.2) is 125 Å². The van der Waals surface area contributed by atoms with Gasteiger partial charge in [0.2, 0.25) is 0 Å². The summed E-state index contributed by atoms with van der Waals surface area (Å²) in [6.45, 7) is 10.9. The average Bonchev–Trinajstić information content (AvgIpc) is 3.49. The molecule has 0 aliphatic heterocycles. The van der Waals surface area contributed by atoms with Crippen LogP contribution in [-0.2, 0) is 10.8 Å². The summed E-state index contributed by atoms with van der Waals surface area (Å²) in [6, 6.07) is 28.7. The molecule has 2 aliphatic rings. The summed E-state index contributed by atoms with van der Waals surface area (Å²) in [5.41, 5.74) is 11.4. The lowest BCUT2D eigenvalue weighted by atomic mass is 9.56. The molecule has 0 N–H and O–H groups in total. The monoisotopic (exact) mass is 440 g/mol. The van der Waals surface area contributed by atoms with Crippen LogP contribution >= 0.6 is 0 Å². The molecule has 0 fully saturated rings. The molecule has 1 spiro atoms. The number of furan rings is 1. The zero-order valence-electron chi connectivity index (χ0n) is 19.9. The van der Waals surface area contributed by atoms with Crippen LogP contribution in [0.1, 0.15) is 43.0 Å². The van der Waals surface area contributed by atoms with Gasteiger partial charge in [-0.3, -0.25) is 0 Å². The summed E-state index contributed by atoms with van der Waals surface area (Å²) in [7, 11) is 0. The molecule has 3 aromatic carbocycles. The van der Waals surface area contributed by atoms with E-state index in [0.717, 1.165) is 11.3 Å². The molecule has 166 valence electrons. The second-order valence-electron chi connectivity index (χ2n) is 9.84. The van der Waals surface area contributed by atoms with Crippen molar-refractivity contribution in [3.05, 3.63) is 143 Å². The van der Waals surface area contributed by atoms with Crippen LogP contribution < -0.4 is 0 Å². The van der Waals surface area contributed by atoms with Crippen LogP contribution in [0, 0.1) is 0 Å². The molecule has 6 rings (SSSR count). The van der Waals surface area contributed by atoms with Gasteiger partial charge in [-0.25, -0.2) is 0 Å². The minimum Gasteiger partial charge on any atom is -0.464 e. The zero-order valence-corrected chi connectivity index (χ0v) is 19.9. The molecule has 34 heavy (non-hydrogen) atoms. The molecule has 1 atom stereocenters. The zero-order chi connectivity index (χ0) is 23.5. The third kappa shape index (κ3) is 2.56. The Morgan fingerprint density at radius 3 is 2.21 bits per heavy atom. The van der Waals surface area contributed by atoms with Crippen LogP contribution in [-0.4, -0.2) is 0 Å². The number of allylic oxidation sites excluding steroid dienone is 5. The highest BCUT2D eigenvalue weighted by molar-refractivity contribution is 5.89. The van der Waals surface area contributed by atoms with Crippen molar-refractivity contribution in [3.8, 4) is 22.5 Å². The van der Waals surface area contributed by atoms with Gasteiger partial charge in [0.25, 0.3) is 0 Å². The molecule has 0 bridgehead atoms. The van der Waals surface area contributed by atoms with Crippen molar-refractivity contribution in [1.82, 2.24) is 0 Å². The minimum atomic E-state index is -0.333. The van der Waals surface area contributed by atoms with E-state index in [4.69, 9.17) is 4.42 Å². The lowest BCUT2D eigenvalue weighted by molar-refractivity contribution is 0.558. The normalized spacial score (nSPS) is 19.9. The van der Waals surface area contributed by atoms with Crippen molar-refractivity contribution in [1.29, 1.82) is 0 Å². The van der Waals surface area contributed by atoms with Gasteiger partial charge in [-0.05, 0) is 69.6 Å². The van der Waals surface area contributed by atoms with Gasteiger partial charge in [0.05, 0.1) is 11.7 Å². The molecule has 0 saturated carbocycles. The van der Waals surface area contributed by atoms with E-state index in [9.17, 15) is 0 Å². The maximum atomic E-state index is 5.74. The largest absolute Gasteiger partial charge is 0.464 e. The number of benzene rings is 3. The first-order valence-corrected chi connectivity index (χ1v) is 11.9. The highest BCUT2D eigenvalue weighted by atomic mass is 16.3. The maximum absolute atomic E-state index is 5.74. The van der Waals surface area contributed by atoms with Crippen molar-refractivity contribution in [2.75, 3.05) is 0 Å². The van der Waals surface area contributed by atoms with Gasteiger partial charge in [0.1, 0.15) is 5.76 Å². The fraction of sp³-hybridized carbons (Fsp3) is 0.152. The molecule has 0 radical (unpaired) electrons.